The highest BCUT2D eigenvalue weighted by atomic mass is 32.2. The van der Waals surface area contributed by atoms with Crippen LogP contribution in [-0.2, 0) is 14.6 Å². The number of hydrogen-bond donors (Lipinski definition) is 2. The van der Waals surface area contributed by atoms with Crippen molar-refractivity contribution >= 4 is 33.2 Å². The predicted octanol–water partition coefficient (Wildman–Crippen LogP) is 1.12. The van der Waals surface area contributed by atoms with Crippen molar-refractivity contribution in [3.8, 4) is 0 Å². The second-order valence-corrected chi connectivity index (χ2v) is 7.87. The third-order valence-electron chi connectivity index (χ3n) is 3.10. The van der Waals surface area contributed by atoms with Crippen molar-refractivity contribution in [2.24, 2.45) is 0 Å². The predicted molar refractivity (Wildman–Crippen MR) is 81.9 cm³/mol. The Labute approximate surface area is 123 Å². The zero-order chi connectivity index (χ0) is 14.6. The van der Waals surface area contributed by atoms with Crippen molar-refractivity contribution in [2.75, 3.05) is 29.1 Å². The van der Waals surface area contributed by atoms with Crippen molar-refractivity contribution in [3.63, 3.8) is 0 Å². The van der Waals surface area contributed by atoms with E-state index in [0.717, 1.165) is 12.3 Å². The van der Waals surface area contributed by atoms with Gasteiger partial charge in [-0.1, -0.05) is 19.1 Å². The number of anilines is 1. The topological polar surface area (TPSA) is 75.3 Å². The largest absolute Gasteiger partial charge is 0.324 e. The van der Waals surface area contributed by atoms with Gasteiger partial charge in [-0.3, -0.25) is 4.79 Å². The number of amides is 1. The smallest absolute Gasteiger partial charge is 0.242 e. The maximum absolute atomic E-state index is 12.2. The molecule has 0 radical (unpaired) electrons. The van der Waals surface area contributed by atoms with Crippen LogP contribution >= 0.6 is 11.8 Å². The molecule has 1 fully saturated rings. The van der Waals surface area contributed by atoms with Crippen LogP contribution in [-0.4, -0.2) is 44.2 Å². The molecular weight excluding hydrogens is 296 g/mol. The molecule has 2 rings (SSSR count). The van der Waals surface area contributed by atoms with Crippen LogP contribution in [0.1, 0.15) is 6.92 Å². The monoisotopic (exact) mass is 314 g/mol. The van der Waals surface area contributed by atoms with Crippen molar-refractivity contribution in [2.45, 2.75) is 17.9 Å². The fourth-order valence-corrected chi connectivity index (χ4v) is 3.94. The molecule has 1 aromatic carbocycles. The van der Waals surface area contributed by atoms with Crippen LogP contribution < -0.4 is 10.6 Å². The van der Waals surface area contributed by atoms with Crippen LogP contribution in [0.4, 0.5) is 5.69 Å². The second kappa shape index (κ2) is 6.60. The van der Waals surface area contributed by atoms with Crippen molar-refractivity contribution < 1.29 is 13.2 Å². The fourth-order valence-electron chi connectivity index (χ4n) is 1.95. The average molecular weight is 314 g/mol. The van der Waals surface area contributed by atoms with Crippen LogP contribution in [0.5, 0.6) is 0 Å². The number of benzene rings is 1. The Hall–Kier alpha value is -1.05. The molecule has 1 aromatic rings. The molecule has 0 spiro atoms. The second-order valence-electron chi connectivity index (χ2n) is 4.47. The van der Waals surface area contributed by atoms with Gasteiger partial charge in [0.2, 0.25) is 5.91 Å². The molecule has 0 aromatic heterocycles. The Kier molecular flexibility index (Phi) is 5.06. The third kappa shape index (κ3) is 3.53. The highest BCUT2D eigenvalue weighted by molar-refractivity contribution is 7.99. The maximum Gasteiger partial charge on any atom is 0.242 e. The number of hydrogen-bond acceptors (Lipinski definition) is 5. The van der Waals surface area contributed by atoms with Crippen LogP contribution in [0.2, 0.25) is 0 Å². The molecule has 1 unspecified atom stereocenters. The standard InChI is InChI=1S/C13H18N2O3S2/c1-2-20(17,18)12-6-4-3-5-10(12)15-13(16)11-9-19-8-7-14-11/h3-6,11,14H,2,7-9H2,1H3,(H,15,16). The Bertz CT molecular complexity index is 581. The van der Waals surface area contributed by atoms with Gasteiger partial charge in [-0.2, -0.15) is 11.8 Å². The number of rotatable bonds is 4. The Morgan fingerprint density at radius 3 is 2.85 bits per heavy atom. The Morgan fingerprint density at radius 2 is 2.20 bits per heavy atom. The molecular formula is C13H18N2O3S2. The summed E-state index contributed by atoms with van der Waals surface area (Å²) in [6.45, 7) is 2.38. The summed E-state index contributed by atoms with van der Waals surface area (Å²) in [6.07, 6.45) is 0. The molecule has 7 heteroatoms. The Balaban J connectivity index is 2.19. The van der Waals surface area contributed by atoms with Gasteiger partial charge in [0.15, 0.2) is 9.84 Å². The van der Waals surface area contributed by atoms with Gasteiger partial charge < -0.3 is 10.6 Å². The first-order chi connectivity index (χ1) is 9.54. The van der Waals surface area contributed by atoms with E-state index in [4.69, 9.17) is 0 Å². The van der Waals surface area contributed by atoms with Crippen molar-refractivity contribution in [1.82, 2.24) is 5.32 Å². The van der Waals surface area contributed by atoms with Gasteiger partial charge in [0, 0.05) is 18.1 Å². The molecule has 20 heavy (non-hydrogen) atoms. The quantitative estimate of drug-likeness (QED) is 0.871. The first-order valence-corrected chi connectivity index (χ1v) is 9.29. The number of carbonyl (C=O) groups excluding carboxylic acids is 1. The summed E-state index contributed by atoms with van der Waals surface area (Å²) >= 11 is 1.71. The average Bonchev–Trinajstić information content (AvgIpc) is 2.48. The summed E-state index contributed by atoms with van der Waals surface area (Å²) in [6, 6.07) is 6.25. The zero-order valence-electron chi connectivity index (χ0n) is 11.3. The van der Waals surface area contributed by atoms with Crippen LogP contribution in [0.3, 0.4) is 0 Å². The minimum absolute atomic E-state index is 0.0113. The normalized spacial score (nSPS) is 19.6. The van der Waals surface area contributed by atoms with E-state index in [0.29, 0.717) is 11.4 Å². The van der Waals surface area contributed by atoms with Crippen LogP contribution in [0, 0.1) is 0 Å². The van der Waals surface area contributed by atoms with E-state index in [1.807, 2.05) is 0 Å². The van der Waals surface area contributed by atoms with Gasteiger partial charge in [0.25, 0.3) is 0 Å². The molecule has 5 nitrogen and oxygen atoms in total. The van der Waals surface area contributed by atoms with Gasteiger partial charge in [-0.15, -0.1) is 0 Å². The number of carbonyl (C=O) groups is 1. The molecule has 110 valence electrons. The molecule has 1 aliphatic rings. The van der Waals surface area contributed by atoms with Gasteiger partial charge in [0.05, 0.1) is 22.4 Å². The highest BCUT2D eigenvalue weighted by Gasteiger charge is 2.23. The lowest BCUT2D eigenvalue weighted by molar-refractivity contribution is -0.117. The molecule has 0 saturated carbocycles. The lowest BCUT2D eigenvalue weighted by Gasteiger charge is -2.22. The summed E-state index contributed by atoms with van der Waals surface area (Å²) in [5, 5.41) is 5.86. The lowest BCUT2D eigenvalue weighted by atomic mass is 10.2. The summed E-state index contributed by atoms with van der Waals surface area (Å²) in [5.41, 5.74) is 0.358. The molecule has 1 atom stereocenters. The number of nitrogens with one attached hydrogen (secondary N) is 2. The minimum Gasteiger partial charge on any atom is -0.324 e. The Morgan fingerprint density at radius 1 is 1.45 bits per heavy atom. The molecule has 1 heterocycles. The molecule has 0 aliphatic carbocycles. The summed E-state index contributed by atoms with van der Waals surface area (Å²) < 4.78 is 24.0. The van der Waals surface area contributed by atoms with E-state index < -0.39 is 9.84 Å². The van der Waals surface area contributed by atoms with Gasteiger partial charge in [0.1, 0.15) is 0 Å². The molecule has 2 N–H and O–H groups in total. The van der Waals surface area contributed by atoms with E-state index in [-0.39, 0.29) is 22.6 Å². The van der Waals surface area contributed by atoms with Gasteiger partial charge in [-0.05, 0) is 12.1 Å². The highest BCUT2D eigenvalue weighted by Crippen LogP contribution is 2.22. The zero-order valence-corrected chi connectivity index (χ0v) is 12.9. The van der Waals surface area contributed by atoms with Gasteiger partial charge >= 0.3 is 0 Å². The van der Waals surface area contributed by atoms with E-state index in [1.165, 1.54) is 6.07 Å². The number of thioether (sulfide) groups is 1. The fraction of sp³-hybridized carbons (Fsp3) is 0.462. The van der Waals surface area contributed by atoms with Crippen LogP contribution in [0.25, 0.3) is 0 Å². The van der Waals surface area contributed by atoms with E-state index >= 15 is 0 Å². The van der Waals surface area contributed by atoms with Gasteiger partial charge in [-0.25, -0.2) is 8.42 Å². The summed E-state index contributed by atoms with van der Waals surface area (Å²) in [7, 11) is -3.35. The van der Waals surface area contributed by atoms with Crippen molar-refractivity contribution in [1.29, 1.82) is 0 Å². The minimum atomic E-state index is -3.35. The van der Waals surface area contributed by atoms with Crippen molar-refractivity contribution in [3.05, 3.63) is 24.3 Å². The first kappa shape index (κ1) is 15.3. The SMILES string of the molecule is CCS(=O)(=O)c1ccccc1NC(=O)C1CSCCN1. The lowest BCUT2D eigenvalue weighted by Crippen LogP contribution is -2.46. The first-order valence-electron chi connectivity index (χ1n) is 6.48. The maximum atomic E-state index is 12.2. The van der Waals surface area contributed by atoms with Crippen LogP contribution in [0.15, 0.2) is 29.2 Å². The third-order valence-corrected chi connectivity index (χ3v) is 5.95. The number of sulfone groups is 1. The summed E-state index contributed by atoms with van der Waals surface area (Å²) in [5.74, 6) is 1.52. The molecule has 0 bridgehead atoms. The summed E-state index contributed by atoms with van der Waals surface area (Å²) in [4.78, 5) is 12.3. The molecule has 1 amide bonds. The van der Waals surface area contributed by atoms with E-state index in [1.54, 1.807) is 36.9 Å². The van der Waals surface area contributed by atoms with E-state index in [9.17, 15) is 13.2 Å². The van der Waals surface area contributed by atoms with E-state index in [2.05, 4.69) is 10.6 Å². The molecule has 1 saturated heterocycles. The number of para-hydroxylation sites is 1. The molecule has 1 aliphatic heterocycles.